The number of rotatable bonds is 2. The Balaban J connectivity index is 2.88. The van der Waals surface area contributed by atoms with Crippen molar-refractivity contribution in [3.05, 3.63) is 0 Å². The second-order valence-electron chi connectivity index (χ2n) is 3.95. The molecule has 1 saturated heterocycles. The quantitative estimate of drug-likeness (QED) is 0.552. The lowest BCUT2D eigenvalue weighted by atomic mass is 9.98. The summed E-state index contributed by atoms with van der Waals surface area (Å²) in [6.45, 7) is 3.32. The molecular weight excluding hydrogens is 198 g/mol. The van der Waals surface area contributed by atoms with E-state index >= 15 is 0 Å². The summed E-state index contributed by atoms with van der Waals surface area (Å²) >= 11 is 0. The second kappa shape index (κ2) is 3.98. The van der Waals surface area contributed by atoms with E-state index in [9.17, 15) is 14.4 Å². The monoisotopic (exact) mass is 213 g/mol. The molecule has 0 aromatic rings. The van der Waals surface area contributed by atoms with Crippen LogP contribution in [0.2, 0.25) is 0 Å². The molecule has 84 valence electrons. The average molecular weight is 213 g/mol. The molecule has 1 fully saturated rings. The van der Waals surface area contributed by atoms with E-state index < -0.39 is 17.4 Å². The summed E-state index contributed by atoms with van der Waals surface area (Å²) in [4.78, 5) is 35.5. The normalized spacial score (nSPS) is 20.1. The predicted octanol–water partition coefficient (Wildman–Crippen LogP) is -1.40. The van der Waals surface area contributed by atoms with E-state index in [0.29, 0.717) is 0 Å². The van der Waals surface area contributed by atoms with E-state index in [1.54, 1.807) is 13.8 Å². The number of carbonyl (C=O) groups excluding carboxylic acids is 3. The minimum atomic E-state index is -0.986. The van der Waals surface area contributed by atoms with E-state index in [4.69, 9.17) is 5.73 Å². The van der Waals surface area contributed by atoms with Crippen LogP contribution < -0.4 is 11.1 Å². The van der Waals surface area contributed by atoms with Crippen LogP contribution in [-0.2, 0) is 14.4 Å². The van der Waals surface area contributed by atoms with E-state index in [0.717, 1.165) is 0 Å². The first-order valence-corrected chi connectivity index (χ1v) is 4.74. The highest BCUT2D eigenvalue weighted by Crippen LogP contribution is 2.18. The summed E-state index contributed by atoms with van der Waals surface area (Å²) in [6.07, 6.45) is 0.143. The lowest BCUT2D eigenvalue weighted by molar-refractivity contribution is -0.155. The predicted molar refractivity (Wildman–Crippen MR) is 52.6 cm³/mol. The highest BCUT2D eigenvalue weighted by molar-refractivity contribution is 6.06. The molecule has 0 saturated carbocycles. The summed E-state index contributed by atoms with van der Waals surface area (Å²) in [6, 6.07) is 0. The topological polar surface area (TPSA) is 92.5 Å². The number of hydrogen-bond acceptors (Lipinski definition) is 4. The highest BCUT2D eigenvalue weighted by atomic mass is 16.2. The van der Waals surface area contributed by atoms with Gasteiger partial charge in [-0.25, -0.2) is 0 Å². The molecule has 0 atom stereocenters. The van der Waals surface area contributed by atoms with Crippen molar-refractivity contribution in [1.82, 2.24) is 10.2 Å². The van der Waals surface area contributed by atoms with Crippen molar-refractivity contribution in [3.63, 3.8) is 0 Å². The van der Waals surface area contributed by atoms with Gasteiger partial charge in [0.2, 0.25) is 11.8 Å². The Morgan fingerprint density at radius 3 is 2.67 bits per heavy atom. The highest BCUT2D eigenvalue weighted by Gasteiger charge is 2.42. The maximum Gasteiger partial charge on any atom is 0.252 e. The van der Waals surface area contributed by atoms with Gasteiger partial charge in [-0.2, -0.15) is 0 Å². The Hall–Kier alpha value is -1.43. The van der Waals surface area contributed by atoms with Gasteiger partial charge in [-0.1, -0.05) is 0 Å². The number of hydrogen-bond donors (Lipinski definition) is 2. The van der Waals surface area contributed by atoms with Crippen molar-refractivity contribution in [2.45, 2.75) is 25.8 Å². The fourth-order valence-electron chi connectivity index (χ4n) is 1.44. The van der Waals surface area contributed by atoms with Gasteiger partial charge in [0.1, 0.15) is 12.1 Å². The van der Waals surface area contributed by atoms with Crippen molar-refractivity contribution in [3.8, 4) is 0 Å². The van der Waals surface area contributed by atoms with Crippen LogP contribution in [0.25, 0.3) is 0 Å². The zero-order valence-corrected chi connectivity index (χ0v) is 8.87. The van der Waals surface area contributed by atoms with E-state index in [1.807, 2.05) is 0 Å². The van der Waals surface area contributed by atoms with Gasteiger partial charge < -0.3 is 10.6 Å². The molecule has 3 amide bonds. The number of amides is 3. The fraction of sp³-hybridized carbons (Fsp3) is 0.667. The molecule has 0 bridgehead atoms. The van der Waals surface area contributed by atoms with E-state index in [2.05, 4.69) is 5.32 Å². The van der Waals surface area contributed by atoms with Gasteiger partial charge in [0, 0.05) is 13.0 Å². The Morgan fingerprint density at radius 1 is 1.53 bits per heavy atom. The third kappa shape index (κ3) is 2.15. The van der Waals surface area contributed by atoms with Gasteiger partial charge in [0.25, 0.3) is 5.91 Å². The van der Waals surface area contributed by atoms with Crippen LogP contribution in [0.15, 0.2) is 0 Å². The molecule has 1 heterocycles. The Bertz CT molecular complexity index is 312. The number of carbonyl (C=O) groups is 3. The van der Waals surface area contributed by atoms with E-state index in [-0.39, 0.29) is 25.4 Å². The summed E-state index contributed by atoms with van der Waals surface area (Å²) in [5.74, 6) is -1.18. The van der Waals surface area contributed by atoms with Gasteiger partial charge in [0.15, 0.2) is 0 Å². The second-order valence-corrected chi connectivity index (χ2v) is 3.95. The van der Waals surface area contributed by atoms with Crippen molar-refractivity contribution in [2.75, 3.05) is 13.1 Å². The van der Waals surface area contributed by atoms with Crippen LogP contribution >= 0.6 is 0 Å². The Kier molecular flexibility index (Phi) is 3.09. The summed E-state index contributed by atoms with van der Waals surface area (Å²) in [7, 11) is 0. The van der Waals surface area contributed by atoms with Gasteiger partial charge in [-0.05, 0) is 13.8 Å². The molecule has 0 aromatic heterocycles. The molecule has 0 radical (unpaired) electrons. The van der Waals surface area contributed by atoms with Gasteiger partial charge in [0.05, 0.1) is 0 Å². The number of nitrogens with zero attached hydrogens (tertiary/aromatic N) is 1. The molecular formula is C9H15N3O3. The molecule has 1 aliphatic heterocycles. The van der Waals surface area contributed by atoms with Crippen LogP contribution in [0, 0.1) is 0 Å². The van der Waals surface area contributed by atoms with Crippen LogP contribution in [0.3, 0.4) is 0 Å². The number of imide groups is 1. The van der Waals surface area contributed by atoms with Crippen molar-refractivity contribution < 1.29 is 14.4 Å². The third-order valence-electron chi connectivity index (χ3n) is 2.44. The van der Waals surface area contributed by atoms with Gasteiger partial charge in [-0.15, -0.1) is 0 Å². The van der Waals surface area contributed by atoms with Crippen molar-refractivity contribution in [1.29, 1.82) is 0 Å². The van der Waals surface area contributed by atoms with Crippen molar-refractivity contribution in [2.24, 2.45) is 5.73 Å². The van der Waals surface area contributed by atoms with Crippen LogP contribution in [0.4, 0.5) is 0 Å². The van der Waals surface area contributed by atoms with E-state index in [1.165, 1.54) is 4.90 Å². The first-order chi connectivity index (χ1) is 6.89. The Labute approximate surface area is 87.8 Å². The van der Waals surface area contributed by atoms with Crippen molar-refractivity contribution >= 4 is 17.7 Å². The molecule has 6 heteroatoms. The molecule has 0 aromatic carbocycles. The SMILES string of the molecule is CC1(C)C(=O)NC(=O)CN1C(=O)CCN. The van der Waals surface area contributed by atoms with Crippen LogP contribution in [0.1, 0.15) is 20.3 Å². The molecule has 6 nitrogen and oxygen atoms in total. The number of nitrogens with two attached hydrogens (primary N) is 1. The zero-order valence-electron chi connectivity index (χ0n) is 8.87. The van der Waals surface area contributed by atoms with Gasteiger partial charge in [-0.3, -0.25) is 19.7 Å². The molecule has 0 unspecified atom stereocenters. The number of piperazine rings is 1. The maximum absolute atomic E-state index is 11.6. The van der Waals surface area contributed by atoms with Crippen LogP contribution in [-0.4, -0.2) is 41.2 Å². The third-order valence-corrected chi connectivity index (χ3v) is 2.44. The summed E-state index contributed by atoms with van der Waals surface area (Å²) < 4.78 is 0. The number of nitrogens with one attached hydrogen (secondary N) is 1. The standard InChI is InChI=1S/C9H15N3O3/c1-9(2)8(15)11-6(13)5-12(9)7(14)3-4-10/h3-5,10H2,1-2H3,(H,11,13,15). The summed E-state index contributed by atoms with van der Waals surface area (Å²) in [5, 5.41) is 2.19. The molecule has 3 N–H and O–H groups in total. The first-order valence-electron chi connectivity index (χ1n) is 4.74. The fourth-order valence-corrected chi connectivity index (χ4v) is 1.44. The largest absolute Gasteiger partial charge is 0.330 e. The molecule has 1 rings (SSSR count). The lowest BCUT2D eigenvalue weighted by Crippen LogP contribution is -2.65. The average Bonchev–Trinajstić information content (AvgIpc) is 2.12. The molecule has 0 spiro atoms. The van der Waals surface area contributed by atoms with Crippen LogP contribution in [0.5, 0.6) is 0 Å². The first kappa shape index (κ1) is 11.6. The maximum atomic E-state index is 11.6. The lowest BCUT2D eigenvalue weighted by Gasteiger charge is -2.40. The molecule has 15 heavy (non-hydrogen) atoms. The minimum Gasteiger partial charge on any atom is -0.330 e. The smallest absolute Gasteiger partial charge is 0.252 e. The zero-order chi connectivity index (χ0) is 11.6. The Morgan fingerprint density at radius 2 is 2.13 bits per heavy atom. The molecule has 0 aliphatic carbocycles. The minimum absolute atomic E-state index is 0.0857. The molecule has 1 aliphatic rings. The van der Waals surface area contributed by atoms with Gasteiger partial charge >= 0.3 is 0 Å². The summed E-state index contributed by atoms with van der Waals surface area (Å²) in [5.41, 5.74) is 4.28.